The first-order chi connectivity index (χ1) is 10.9. The lowest BCUT2D eigenvalue weighted by molar-refractivity contribution is 0.00584. The molecule has 4 nitrogen and oxygen atoms in total. The lowest BCUT2D eigenvalue weighted by Gasteiger charge is -2.39. The summed E-state index contributed by atoms with van der Waals surface area (Å²) < 4.78 is 5.58. The average molecular weight is 312 g/mol. The van der Waals surface area contributed by atoms with Crippen molar-refractivity contribution >= 4 is 6.09 Å². The summed E-state index contributed by atoms with van der Waals surface area (Å²) in [5, 5.41) is 9.08. The largest absolute Gasteiger partial charge is 0.444 e. The highest BCUT2D eigenvalue weighted by Gasteiger charge is 2.45. The SMILES string of the molecule is CC(C)(C)OC(=O)N1[C@@H]2CC[C@H]1CC(c1cccc(C#N)c1)C2. The van der Waals surface area contributed by atoms with Crippen molar-refractivity contribution in [3.8, 4) is 6.07 Å². The quantitative estimate of drug-likeness (QED) is 0.780. The monoisotopic (exact) mass is 312 g/mol. The molecule has 23 heavy (non-hydrogen) atoms. The molecule has 2 heterocycles. The van der Waals surface area contributed by atoms with Crippen molar-refractivity contribution in [2.24, 2.45) is 0 Å². The van der Waals surface area contributed by atoms with Gasteiger partial charge in [-0.15, -0.1) is 0 Å². The minimum Gasteiger partial charge on any atom is -0.444 e. The Morgan fingerprint density at radius 3 is 2.48 bits per heavy atom. The molecular weight excluding hydrogens is 288 g/mol. The van der Waals surface area contributed by atoms with Crippen LogP contribution in [-0.2, 0) is 4.74 Å². The number of amides is 1. The van der Waals surface area contributed by atoms with Gasteiger partial charge in [-0.3, -0.25) is 0 Å². The third-order valence-corrected chi connectivity index (χ3v) is 4.82. The van der Waals surface area contributed by atoms with Crippen molar-refractivity contribution in [1.82, 2.24) is 4.90 Å². The standard InChI is InChI=1S/C19H24N2O2/c1-19(2,3)23-18(22)21-16-7-8-17(21)11-15(10-16)14-6-4-5-13(9-14)12-20/h4-6,9,15-17H,7-8,10-11H2,1-3H3/t15?,16-,17+. The highest BCUT2D eigenvalue weighted by Crippen LogP contribution is 2.43. The molecule has 1 aromatic rings. The van der Waals surface area contributed by atoms with Crippen LogP contribution in [0, 0.1) is 11.3 Å². The number of hydrogen-bond acceptors (Lipinski definition) is 3. The molecule has 1 amide bonds. The normalized spacial score (nSPS) is 26.7. The number of hydrogen-bond donors (Lipinski definition) is 0. The lowest BCUT2D eigenvalue weighted by Crippen LogP contribution is -2.48. The highest BCUT2D eigenvalue weighted by molar-refractivity contribution is 5.69. The van der Waals surface area contributed by atoms with Crippen LogP contribution in [0.15, 0.2) is 24.3 Å². The molecule has 0 aromatic heterocycles. The van der Waals surface area contributed by atoms with Crippen LogP contribution in [-0.4, -0.2) is 28.7 Å². The van der Waals surface area contributed by atoms with E-state index in [1.807, 2.05) is 43.9 Å². The van der Waals surface area contributed by atoms with Crippen LogP contribution in [0.5, 0.6) is 0 Å². The van der Waals surface area contributed by atoms with Gasteiger partial charge in [0.2, 0.25) is 0 Å². The molecule has 2 saturated heterocycles. The fraction of sp³-hybridized carbons (Fsp3) is 0.579. The number of benzene rings is 1. The molecule has 0 spiro atoms. The Labute approximate surface area is 138 Å². The Hall–Kier alpha value is -2.02. The van der Waals surface area contributed by atoms with Crippen molar-refractivity contribution in [2.75, 3.05) is 0 Å². The highest BCUT2D eigenvalue weighted by atomic mass is 16.6. The molecule has 2 aliphatic rings. The molecule has 1 unspecified atom stereocenters. The molecule has 3 rings (SSSR count). The Morgan fingerprint density at radius 2 is 1.91 bits per heavy atom. The molecule has 1 aromatic carbocycles. The van der Waals surface area contributed by atoms with Crippen molar-refractivity contribution in [2.45, 2.75) is 70.1 Å². The Bertz CT molecular complexity index is 628. The number of nitriles is 1. The van der Waals surface area contributed by atoms with Crippen LogP contribution < -0.4 is 0 Å². The minimum atomic E-state index is -0.450. The number of carbonyl (C=O) groups excluding carboxylic acids is 1. The molecule has 3 atom stereocenters. The molecule has 2 aliphatic heterocycles. The number of carbonyl (C=O) groups is 1. The van der Waals surface area contributed by atoms with Crippen LogP contribution in [0.25, 0.3) is 0 Å². The fourth-order valence-electron chi connectivity index (χ4n) is 3.92. The van der Waals surface area contributed by atoms with Gasteiger partial charge in [-0.2, -0.15) is 5.26 Å². The van der Waals surface area contributed by atoms with Crippen molar-refractivity contribution < 1.29 is 9.53 Å². The smallest absolute Gasteiger partial charge is 0.410 e. The van der Waals surface area contributed by atoms with Gasteiger partial charge >= 0.3 is 6.09 Å². The topological polar surface area (TPSA) is 53.3 Å². The van der Waals surface area contributed by atoms with E-state index in [1.165, 1.54) is 5.56 Å². The van der Waals surface area contributed by atoms with Crippen LogP contribution in [0.3, 0.4) is 0 Å². The second-order valence-corrected chi connectivity index (χ2v) is 7.68. The number of piperidine rings is 1. The summed E-state index contributed by atoms with van der Waals surface area (Å²) in [6.07, 6.45) is 3.86. The van der Waals surface area contributed by atoms with E-state index in [0.717, 1.165) is 25.7 Å². The number of ether oxygens (including phenoxy) is 1. The minimum absolute atomic E-state index is 0.172. The first kappa shape index (κ1) is 15.9. The van der Waals surface area contributed by atoms with Gasteiger partial charge in [0.15, 0.2) is 0 Å². The van der Waals surface area contributed by atoms with Gasteiger partial charge in [-0.05, 0) is 70.1 Å². The summed E-state index contributed by atoms with van der Waals surface area (Å²) in [5.74, 6) is 0.430. The molecule has 0 radical (unpaired) electrons. The van der Waals surface area contributed by atoms with E-state index in [2.05, 4.69) is 12.1 Å². The summed E-state index contributed by atoms with van der Waals surface area (Å²) in [4.78, 5) is 14.4. The molecule has 2 fully saturated rings. The van der Waals surface area contributed by atoms with Crippen LogP contribution >= 0.6 is 0 Å². The summed E-state index contributed by atoms with van der Waals surface area (Å²) in [7, 11) is 0. The number of nitrogens with zero attached hydrogens (tertiary/aromatic N) is 2. The molecule has 0 aliphatic carbocycles. The molecule has 4 heteroatoms. The molecular formula is C19H24N2O2. The number of fused-ring (bicyclic) bond motifs is 2. The summed E-state index contributed by atoms with van der Waals surface area (Å²) in [6.45, 7) is 5.73. The average Bonchev–Trinajstić information content (AvgIpc) is 2.76. The fourth-order valence-corrected chi connectivity index (χ4v) is 3.92. The molecule has 0 saturated carbocycles. The third kappa shape index (κ3) is 3.34. The maximum Gasteiger partial charge on any atom is 0.410 e. The van der Waals surface area contributed by atoms with Crippen LogP contribution in [0.2, 0.25) is 0 Å². The summed E-state index contributed by atoms with van der Waals surface area (Å²) in [5.41, 5.74) is 1.49. The first-order valence-electron chi connectivity index (χ1n) is 8.39. The van der Waals surface area contributed by atoms with Crippen molar-refractivity contribution in [3.63, 3.8) is 0 Å². The van der Waals surface area contributed by atoms with E-state index in [9.17, 15) is 4.79 Å². The van der Waals surface area contributed by atoms with Gasteiger partial charge in [-0.1, -0.05) is 12.1 Å². The van der Waals surface area contributed by atoms with E-state index < -0.39 is 5.60 Å². The predicted octanol–water partition coefficient (Wildman–Crippen LogP) is 4.20. The van der Waals surface area contributed by atoms with Gasteiger partial charge in [0, 0.05) is 12.1 Å². The second-order valence-electron chi connectivity index (χ2n) is 7.68. The zero-order valence-corrected chi connectivity index (χ0v) is 14.1. The lowest BCUT2D eigenvalue weighted by atomic mass is 9.85. The van der Waals surface area contributed by atoms with Gasteiger partial charge in [0.05, 0.1) is 11.6 Å². The predicted molar refractivity (Wildman–Crippen MR) is 88.0 cm³/mol. The van der Waals surface area contributed by atoms with E-state index >= 15 is 0 Å². The van der Waals surface area contributed by atoms with Crippen LogP contribution in [0.4, 0.5) is 4.79 Å². The summed E-state index contributed by atoms with van der Waals surface area (Å²) in [6, 6.07) is 10.6. The molecule has 122 valence electrons. The second kappa shape index (κ2) is 5.88. The van der Waals surface area contributed by atoms with E-state index in [1.54, 1.807) is 0 Å². The zero-order chi connectivity index (χ0) is 16.6. The molecule has 0 N–H and O–H groups in total. The Kier molecular flexibility index (Phi) is 4.06. The van der Waals surface area contributed by atoms with Gasteiger partial charge in [-0.25, -0.2) is 4.79 Å². The van der Waals surface area contributed by atoms with Gasteiger partial charge < -0.3 is 9.64 Å². The third-order valence-electron chi connectivity index (χ3n) is 4.82. The van der Waals surface area contributed by atoms with Crippen molar-refractivity contribution in [3.05, 3.63) is 35.4 Å². The van der Waals surface area contributed by atoms with E-state index in [0.29, 0.717) is 11.5 Å². The van der Waals surface area contributed by atoms with Gasteiger partial charge in [0.1, 0.15) is 5.60 Å². The number of rotatable bonds is 1. The summed E-state index contributed by atoms with van der Waals surface area (Å²) >= 11 is 0. The van der Waals surface area contributed by atoms with E-state index in [-0.39, 0.29) is 18.2 Å². The Balaban J connectivity index is 1.74. The van der Waals surface area contributed by atoms with E-state index in [4.69, 9.17) is 10.00 Å². The first-order valence-corrected chi connectivity index (χ1v) is 8.39. The molecule has 2 bridgehead atoms. The zero-order valence-electron chi connectivity index (χ0n) is 14.1. The Morgan fingerprint density at radius 1 is 1.26 bits per heavy atom. The van der Waals surface area contributed by atoms with Crippen molar-refractivity contribution in [1.29, 1.82) is 5.26 Å². The maximum atomic E-state index is 12.5. The maximum absolute atomic E-state index is 12.5. The van der Waals surface area contributed by atoms with Crippen LogP contribution in [0.1, 0.15) is 63.5 Å². The van der Waals surface area contributed by atoms with Gasteiger partial charge in [0.25, 0.3) is 0 Å².